The summed E-state index contributed by atoms with van der Waals surface area (Å²) in [5.74, 6) is -0.841. The van der Waals surface area contributed by atoms with Gasteiger partial charge < -0.3 is 15.1 Å². The van der Waals surface area contributed by atoms with Gasteiger partial charge in [0.1, 0.15) is 0 Å². The summed E-state index contributed by atoms with van der Waals surface area (Å²) in [5, 5.41) is 13.4. The van der Waals surface area contributed by atoms with Crippen molar-refractivity contribution in [3.63, 3.8) is 0 Å². The predicted octanol–water partition coefficient (Wildman–Crippen LogP) is 3.04. The molecular formula is C24H22N4O5S. The summed E-state index contributed by atoms with van der Waals surface area (Å²) < 4.78 is 0. The van der Waals surface area contributed by atoms with Crippen molar-refractivity contribution < 1.29 is 19.3 Å². The standard InChI is InChI=1S/C24H22N4O5S/c29-21(16-25-23(30)19-8-6-18(7-9-19)17-4-2-1-3-5-17)26-12-14-27(15-13-26)24(31)20-10-11-22(34-20)28(32)33/h1-11H,12-16H2,(H,25,30). The average molecular weight is 479 g/mol. The number of benzene rings is 2. The van der Waals surface area contributed by atoms with Gasteiger partial charge in [0.05, 0.1) is 16.3 Å². The largest absolute Gasteiger partial charge is 0.343 e. The molecular weight excluding hydrogens is 456 g/mol. The number of carbonyl (C=O) groups is 3. The van der Waals surface area contributed by atoms with E-state index in [0.717, 1.165) is 22.5 Å². The fourth-order valence-electron chi connectivity index (χ4n) is 3.67. The van der Waals surface area contributed by atoms with Crippen LogP contribution >= 0.6 is 11.3 Å². The minimum atomic E-state index is -0.524. The molecule has 0 spiro atoms. The first-order chi connectivity index (χ1) is 16.4. The molecule has 2 heterocycles. The Bertz CT molecular complexity index is 1200. The first-order valence-electron chi connectivity index (χ1n) is 10.7. The van der Waals surface area contributed by atoms with E-state index < -0.39 is 4.92 Å². The highest BCUT2D eigenvalue weighted by atomic mass is 32.1. The van der Waals surface area contributed by atoms with E-state index in [0.29, 0.717) is 36.6 Å². The van der Waals surface area contributed by atoms with Crippen molar-refractivity contribution in [1.29, 1.82) is 0 Å². The van der Waals surface area contributed by atoms with Gasteiger partial charge in [-0.05, 0) is 29.3 Å². The van der Waals surface area contributed by atoms with Gasteiger partial charge in [-0.1, -0.05) is 53.8 Å². The van der Waals surface area contributed by atoms with Crippen molar-refractivity contribution in [3.05, 3.63) is 87.3 Å². The summed E-state index contributed by atoms with van der Waals surface area (Å²) >= 11 is 0.840. The monoisotopic (exact) mass is 478 g/mol. The molecule has 2 aromatic carbocycles. The van der Waals surface area contributed by atoms with Crippen LogP contribution in [-0.4, -0.2) is 65.2 Å². The topological polar surface area (TPSA) is 113 Å². The van der Waals surface area contributed by atoms with E-state index in [1.54, 1.807) is 21.9 Å². The van der Waals surface area contributed by atoms with Gasteiger partial charge >= 0.3 is 5.00 Å². The number of piperazine rings is 1. The molecule has 0 aliphatic carbocycles. The summed E-state index contributed by atoms with van der Waals surface area (Å²) in [4.78, 5) is 51.3. The summed E-state index contributed by atoms with van der Waals surface area (Å²) in [6.07, 6.45) is 0. The Morgan fingerprint density at radius 1 is 0.853 bits per heavy atom. The maximum atomic E-state index is 12.6. The SMILES string of the molecule is O=C(NCC(=O)N1CCN(C(=O)c2ccc([N+](=O)[O-])s2)CC1)c1ccc(-c2ccccc2)cc1. The first kappa shape index (κ1) is 23.1. The number of hydrogen-bond acceptors (Lipinski definition) is 6. The summed E-state index contributed by atoms with van der Waals surface area (Å²) in [5.41, 5.74) is 2.52. The minimum Gasteiger partial charge on any atom is -0.343 e. The zero-order chi connectivity index (χ0) is 24.1. The first-order valence-corrected chi connectivity index (χ1v) is 11.5. The highest BCUT2D eigenvalue weighted by molar-refractivity contribution is 7.17. The molecule has 1 N–H and O–H groups in total. The molecule has 9 nitrogen and oxygen atoms in total. The Labute approximate surface area is 199 Å². The van der Waals surface area contributed by atoms with Gasteiger partial charge in [-0.25, -0.2) is 0 Å². The fourth-order valence-corrected chi connectivity index (χ4v) is 4.46. The van der Waals surface area contributed by atoms with Gasteiger partial charge in [-0.3, -0.25) is 24.5 Å². The van der Waals surface area contributed by atoms with E-state index >= 15 is 0 Å². The number of thiophene rings is 1. The number of nitro groups is 1. The third-order valence-corrected chi connectivity index (χ3v) is 6.58. The van der Waals surface area contributed by atoms with E-state index in [4.69, 9.17) is 0 Å². The average Bonchev–Trinajstić information content (AvgIpc) is 3.38. The third-order valence-electron chi connectivity index (χ3n) is 5.56. The van der Waals surface area contributed by atoms with Crippen molar-refractivity contribution in [1.82, 2.24) is 15.1 Å². The van der Waals surface area contributed by atoms with Crippen LogP contribution in [0.1, 0.15) is 20.0 Å². The van der Waals surface area contributed by atoms with E-state index in [1.165, 1.54) is 12.1 Å². The molecule has 0 saturated carbocycles. The minimum absolute atomic E-state index is 0.0809. The number of carbonyl (C=O) groups excluding carboxylic acids is 3. The van der Waals surface area contributed by atoms with Crippen LogP contribution in [0, 0.1) is 10.1 Å². The molecule has 1 saturated heterocycles. The smallest absolute Gasteiger partial charge is 0.324 e. The van der Waals surface area contributed by atoms with Gasteiger partial charge in [0.25, 0.3) is 11.8 Å². The molecule has 0 radical (unpaired) electrons. The van der Waals surface area contributed by atoms with Gasteiger partial charge in [-0.15, -0.1) is 0 Å². The van der Waals surface area contributed by atoms with Crippen molar-refractivity contribution >= 4 is 34.1 Å². The maximum absolute atomic E-state index is 12.6. The second-order valence-corrected chi connectivity index (χ2v) is 8.76. The molecule has 1 aliphatic heterocycles. The zero-order valence-corrected chi connectivity index (χ0v) is 19.0. The van der Waals surface area contributed by atoms with Crippen LogP contribution in [0.25, 0.3) is 11.1 Å². The second-order valence-electron chi connectivity index (χ2n) is 7.69. The number of nitrogens with one attached hydrogen (secondary N) is 1. The number of hydrogen-bond donors (Lipinski definition) is 1. The van der Waals surface area contributed by atoms with Crippen LogP contribution in [0.3, 0.4) is 0 Å². The summed E-state index contributed by atoms with van der Waals surface area (Å²) in [6, 6.07) is 19.8. The van der Waals surface area contributed by atoms with Crippen LogP contribution in [0.4, 0.5) is 5.00 Å². The third kappa shape index (κ3) is 5.29. The van der Waals surface area contributed by atoms with Gasteiger partial charge in [0.15, 0.2) is 0 Å². The molecule has 1 fully saturated rings. The molecule has 0 unspecified atom stereocenters. The Morgan fingerprint density at radius 3 is 2.09 bits per heavy atom. The van der Waals surface area contributed by atoms with E-state index in [-0.39, 0.29) is 29.3 Å². The van der Waals surface area contributed by atoms with Crippen molar-refractivity contribution in [2.75, 3.05) is 32.7 Å². The number of amides is 3. The van der Waals surface area contributed by atoms with Crippen LogP contribution in [0.5, 0.6) is 0 Å². The van der Waals surface area contributed by atoms with Crippen molar-refractivity contribution in [3.8, 4) is 11.1 Å². The Morgan fingerprint density at radius 2 is 1.47 bits per heavy atom. The summed E-state index contributed by atoms with van der Waals surface area (Å²) in [7, 11) is 0. The molecule has 0 atom stereocenters. The Balaban J connectivity index is 1.25. The van der Waals surface area contributed by atoms with Crippen molar-refractivity contribution in [2.45, 2.75) is 0 Å². The second kappa shape index (κ2) is 10.3. The van der Waals surface area contributed by atoms with E-state index in [2.05, 4.69) is 5.32 Å². The molecule has 10 heteroatoms. The molecule has 3 aromatic rings. The van der Waals surface area contributed by atoms with E-state index in [9.17, 15) is 24.5 Å². The Hall–Kier alpha value is -4.05. The molecule has 0 bridgehead atoms. The van der Waals surface area contributed by atoms with Crippen molar-refractivity contribution in [2.24, 2.45) is 0 Å². The van der Waals surface area contributed by atoms with Crippen LogP contribution in [0.15, 0.2) is 66.7 Å². The predicted molar refractivity (Wildman–Crippen MR) is 128 cm³/mol. The summed E-state index contributed by atoms with van der Waals surface area (Å²) in [6.45, 7) is 1.18. The fraction of sp³-hybridized carbons (Fsp3) is 0.208. The normalized spacial score (nSPS) is 13.4. The number of nitrogens with zero attached hydrogens (tertiary/aromatic N) is 3. The highest BCUT2D eigenvalue weighted by Gasteiger charge is 2.26. The van der Waals surface area contributed by atoms with Crippen LogP contribution in [0.2, 0.25) is 0 Å². The maximum Gasteiger partial charge on any atom is 0.324 e. The van der Waals surface area contributed by atoms with Gasteiger partial charge in [0.2, 0.25) is 5.91 Å². The molecule has 174 valence electrons. The van der Waals surface area contributed by atoms with Gasteiger partial charge in [0, 0.05) is 37.8 Å². The van der Waals surface area contributed by atoms with E-state index in [1.807, 2.05) is 42.5 Å². The molecule has 1 aliphatic rings. The zero-order valence-electron chi connectivity index (χ0n) is 18.2. The lowest BCUT2D eigenvalue weighted by Gasteiger charge is -2.34. The van der Waals surface area contributed by atoms with Gasteiger partial charge in [-0.2, -0.15) is 0 Å². The van der Waals surface area contributed by atoms with Crippen LogP contribution < -0.4 is 5.32 Å². The Kier molecular flexibility index (Phi) is 6.98. The molecule has 1 aromatic heterocycles. The van der Waals surface area contributed by atoms with Crippen LogP contribution in [-0.2, 0) is 4.79 Å². The lowest BCUT2D eigenvalue weighted by Crippen LogP contribution is -2.52. The molecule has 3 amide bonds. The quantitative estimate of drug-likeness (QED) is 0.432. The lowest BCUT2D eigenvalue weighted by atomic mass is 10.0. The molecule has 4 rings (SSSR count). The lowest BCUT2D eigenvalue weighted by molar-refractivity contribution is -0.380. The highest BCUT2D eigenvalue weighted by Crippen LogP contribution is 2.25. The molecule has 34 heavy (non-hydrogen) atoms. The number of rotatable bonds is 6.